The number of benzene rings is 1. The number of aryl methyl sites for hydroxylation is 1. The van der Waals surface area contributed by atoms with Gasteiger partial charge in [0.05, 0.1) is 6.04 Å². The Kier molecular flexibility index (Phi) is 6.50. The molecule has 0 spiro atoms. The molecule has 2 nitrogen and oxygen atoms in total. The smallest absolute Gasteiger partial charge is 0.0570 e. The Morgan fingerprint density at radius 3 is 2.56 bits per heavy atom. The van der Waals surface area contributed by atoms with Gasteiger partial charge in [-0.1, -0.05) is 48.9 Å². The minimum atomic E-state index is 0.469. The van der Waals surface area contributed by atoms with Crippen LogP contribution in [0, 0.1) is 0 Å². The molecule has 1 aliphatic heterocycles. The van der Waals surface area contributed by atoms with Gasteiger partial charge in [-0.3, -0.25) is 4.90 Å². The monoisotopic (exact) mass is 338 g/mol. The number of allylic oxidation sites excluding steroid dienone is 3. The predicted octanol–water partition coefficient (Wildman–Crippen LogP) is 4.98. The van der Waals surface area contributed by atoms with E-state index in [4.69, 9.17) is 0 Å². The van der Waals surface area contributed by atoms with Crippen LogP contribution in [0.5, 0.6) is 0 Å². The van der Waals surface area contributed by atoms with Crippen molar-refractivity contribution in [1.29, 1.82) is 0 Å². The van der Waals surface area contributed by atoms with Crippen LogP contribution in [0.4, 0.5) is 0 Å². The summed E-state index contributed by atoms with van der Waals surface area (Å²) in [6.45, 7) is 9.19. The van der Waals surface area contributed by atoms with Crippen molar-refractivity contribution in [3.8, 4) is 0 Å². The van der Waals surface area contributed by atoms with E-state index in [1.165, 1.54) is 51.9 Å². The van der Waals surface area contributed by atoms with Crippen molar-refractivity contribution < 1.29 is 0 Å². The zero-order valence-electron chi connectivity index (χ0n) is 16.3. The summed E-state index contributed by atoms with van der Waals surface area (Å²) in [6.07, 6.45) is 10.6. The molecular weight excluding hydrogens is 304 g/mol. The van der Waals surface area contributed by atoms with Gasteiger partial charge in [0.1, 0.15) is 0 Å². The van der Waals surface area contributed by atoms with Crippen LogP contribution in [0.3, 0.4) is 0 Å². The minimum Gasteiger partial charge on any atom is -0.304 e. The number of piperazine rings is 1. The van der Waals surface area contributed by atoms with Crippen LogP contribution in [-0.2, 0) is 6.42 Å². The molecule has 1 heterocycles. The second-order valence-corrected chi connectivity index (χ2v) is 7.55. The zero-order chi connectivity index (χ0) is 17.6. The second-order valence-electron chi connectivity index (χ2n) is 7.55. The van der Waals surface area contributed by atoms with Gasteiger partial charge in [-0.05, 0) is 62.8 Å². The molecule has 0 N–H and O–H groups in total. The van der Waals surface area contributed by atoms with Gasteiger partial charge >= 0.3 is 0 Å². The Bertz CT molecular complexity index is 621. The van der Waals surface area contributed by atoms with Crippen molar-refractivity contribution in [3.05, 3.63) is 58.7 Å². The molecule has 3 rings (SSSR count). The van der Waals surface area contributed by atoms with Crippen molar-refractivity contribution >= 4 is 0 Å². The molecule has 0 saturated carbocycles. The highest BCUT2D eigenvalue weighted by Gasteiger charge is 2.30. The number of likely N-dealkylation sites (N-methyl/N-ethyl adjacent to an activating group) is 1. The van der Waals surface area contributed by atoms with E-state index in [1.54, 1.807) is 22.3 Å². The van der Waals surface area contributed by atoms with Crippen molar-refractivity contribution in [3.63, 3.8) is 0 Å². The van der Waals surface area contributed by atoms with Crippen LogP contribution in [-0.4, -0.2) is 43.0 Å². The highest BCUT2D eigenvalue weighted by Crippen LogP contribution is 2.39. The summed E-state index contributed by atoms with van der Waals surface area (Å²) in [4.78, 5) is 5.21. The molecule has 0 aromatic heterocycles. The van der Waals surface area contributed by atoms with E-state index in [-0.39, 0.29) is 0 Å². The van der Waals surface area contributed by atoms with E-state index >= 15 is 0 Å². The Morgan fingerprint density at radius 1 is 1.08 bits per heavy atom. The lowest BCUT2D eigenvalue weighted by atomic mass is 9.82. The summed E-state index contributed by atoms with van der Waals surface area (Å²) in [5.41, 5.74) is 6.52. The topological polar surface area (TPSA) is 6.48 Å². The molecule has 2 heteroatoms. The van der Waals surface area contributed by atoms with E-state index in [9.17, 15) is 0 Å². The fourth-order valence-corrected chi connectivity index (χ4v) is 4.46. The molecule has 0 bridgehead atoms. The summed E-state index contributed by atoms with van der Waals surface area (Å²) in [6, 6.07) is 9.69. The molecule has 1 aliphatic carbocycles. The molecule has 1 atom stereocenters. The molecule has 1 unspecified atom stereocenters. The Hall–Kier alpha value is -1.38. The first-order chi connectivity index (χ1) is 12.2. The average molecular weight is 339 g/mol. The Balaban J connectivity index is 2.06. The SMILES string of the molecule is C/C=C\C/C1=C(\CC)CCCc2ccccc2C1N1CCN(C)CC1. The number of fused-ring (bicyclic) bond motifs is 1. The molecule has 1 aromatic carbocycles. The third-order valence-corrected chi connectivity index (χ3v) is 5.96. The van der Waals surface area contributed by atoms with E-state index in [0.29, 0.717) is 6.04 Å². The van der Waals surface area contributed by atoms with Gasteiger partial charge in [0.15, 0.2) is 0 Å². The zero-order valence-corrected chi connectivity index (χ0v) is 16.3. The maximum Gasteiger partial charge on any atom is 0.0570 e. The highest BCUT2D eigenvalue weighted by atomic mass is 15.3. The van der Waals surface area contributed by atoms with E-state index in [0.717, 1.165) is 6.42 Å². The second kappa shape index (κ2) is 8.82. The van der Waals surface area contributed by atoms with E-state index in [1.807, 2.05) is 0 Å². The Labute approximate surface area is 154 Å². The van der Waals surface area contributed by atoms with Crippen LogP contribution < -0.4 is 0 Å². The first-order valence-electron chi connectivity index (χ1n) is 10.1. The number of hydrogen-bond donors (Lipinski definition) is 0. The molecule has 136 valence electrons. The van der Waals surface area contributed by atoms with Crippen molar-refractivity contribution in [2.75, 3.05) is 33.2 Å². The van der Waals surface area contributed by atoms with Crippen LogP contribution in [0.15, 0.2) is 47.6 Å². The number of rotatable bonds is 4. The molecule has 1 fully saturated rings. The average Bonchev–Trinajstić information content (AvgIpc) is 2.63. The predicted molar refractivity (Wildman–Crippen MR) is 108 cm³/mol. The van der Waals surface area contributed by atoms with Crippen LogP contribution >= 0.6 is 0 Å². The van der Waals surface area contributed by atoms with E-state index in [2.05, 4.69) is 67.1 Å². The van der Waals surface area contributed by atoms with Gasteiger partial charge < -0.3 is 4.90 Å². The van der Waals surface area contributed by atoms with Gasteiger partial charge in [0, 0.05) is 26.2 Å². The molecule has 0 amide bonds. The lowest BCUT2D eigenvalue weighted by molar-refractivity contribution is 0.123. The van der Waals surface area contributed by atoms with Crippen LogP contribution in [0.1, 0.15) is 56.7 Å². The molecular formula is C23H34N2. The van der Waals surface area contributed by atoms with Gasteiger partial charge in [0.25, 0.3) is 0 Å². The van der Waals surface area contributed by atoms with Crippen LogP contribution in [0.25, 0.3) is 0 Å². The van der Waals surface area contributed by atoms with Gasteiger partial charge in [-0.25, -0.2) is 0 Å². The summed E-state index contributed by atoms with van der Waals surface area (Å²) >= 11 is 0. The molecule has 2 aliphatic rings. The first-order valence-corrected chi connectivity index (χ1v) is 10.1. The summed E-state index contributed by atoms with van der Waals surface area (Å²) in [5, 5.41) is 0. The normalized spacial score (nSPS) is 26.4. The lowest BCUT2D eigenvalue weighted by Crippen LogP contribution is -2.46. The lowest BCUT2D eigenvalue weighted by Gasteiger charge is -2.41. The van der Waals surface area contributed by atoms with Gasteiger partial charge in [-0.15, -0.1) is 0 Å². The van der Waals surface area contributed by atoms with Crippen molar-refractivity contribution in [2.45, 2.75) is 52.0 Å². The summed E-state index contributed by atoms with van der Waals surface area (Å²) in [5.74, 6) is 0. The van der Waals surface area contributed by atoms with Crippen molar-refractivity contribution in [1.82, 2.24) is 9.80 Å². The third kappa shape index (κ3) is 4.24. The standard InChI is InChI=1S/C23H34N2/c1-4-6-13-21-19(5-2)11-9-12-20-10-7-8-14-22(20)23(21)25-17-15-24(3)16-18-25/h4,6-8,10,14,23H,5,9,11-13,15-18H2,1-3H3/b6-4-,21-19-. The highest BCUT2D eigenvalue weighted by molar-refractivity contribution is 5.40. The Morgan fingerprint density at radius 2 is 1.84 bits per heavy atom. The molecule has 1 saturated heterocycles. The summed E-state index contributed by atoms with van der Waals surface area (Å²) in [7, 11) is 2.25. The minimum absolute atomic E-state index is 0.469. The van der Waals surface area contributed by atoms with E-state index < -0.39 is 0 Å². The first kappa shape index (κ1) is 18.4. The molecule has 25 heavy (non-hydrogen) atoms. The van der Waals surface area contributed by atoms with Crippen molar-refractivity contribution in [2.24, 2.45) is 0 Å². The maximum absolute atomic E-state index is 2.75. The fourth-order valence-electron chi connectivity index (χ4n) is 4.46. The number of nitrogens with zero attached hydrogens (tertiary/aromatic N) is 2. The number of hydrogen-bond acceptors (Lipinski definition) is 2. The molecule has 1 aromatic rings. The molecule has 0 radical (unpaired) electrons. The maximum atomic E-state index is 2.75. The van der Waals surface area contributed by atoms with Crippen LogP contribution in [0.2, 0.25) is 0 Å². The largest absolute Gasteiger partial charge is 0.304 e. The quantitative estimate of drug-likeness (QED) is 0.714. The van der Waals surface area contributed by atoms with Gasteiger partial charge in [0.2, 0.25) is 0 Å². The third-order valence-electron chi connectivity index (χ3n) is 5.96. The summed E-state index contributed by atoms with van der Waals surface area (Å²) < 4.78 is 0. The van der Waals surface area contributed by atoms with Gasteiger partial charge in [-0.2, -0.15) is 0 Å². The fraction of sp³-hybridized carbons (Fsp3) is 0.565.